The molecule has 102 valence electrons. The van der Waals surface area contributed by atoms with E-state index in [4.69, 9.17) is 9.57 Å². The highest BCUT2D eigenvalue weighted by Crippen LogP contribution is 2.48. The van der Waals surface area contributed by atoms with Gasteiger partial charge >= 0.3 is 0 Å². The normalized spacial score (nSPS) is 51.8. The first kappa shape index (κ1) is 11.6. The summed E-state index contributed by atoms with van der Waals surface area (Å²) in [5.41, 5.74) is -0.0524. The van der Waals surface area contributed by atoms with Crippen LogP contribution in [0.4, 0.5) is 0 Å². The summed E-state index contributed by atoms with van der Waals surface area (Å²) in [5, 5.41) is 11.8. The molecule has 0 radical (unpaired) electrons. The maximum Gasteiger partial charge on any atom is 0.0842 e. The van der Waals surface area contributed by atoms with Crippen LogP contribution in [-0.4, -0.2) is 47.7 Å². The molecule has 5 atom stereocenters. The summed E-state index contributed by atoms with van der Waals surface area (Å²) in [6.45, 7) is 2.20. The fraction of sp³-hybridized carbons (Fsp3) is 1.00. The van der Waals surface area contributed by atoms with E-state index in [1.54, 1.807) is 0 Å². The lowest BCUT2D eigenvalue weighted by Crippen LogP contribution is -2.40. The molecule has 0 aromatic heterocycles. The Labute approximate surface area is 108 Å². The molecule has 0 amide bonds. The van der Waals surface area contributed by atoms with Crippen LogP contribution in [0, 0.1) is 11.8 Å². The Morgan fingerprint density at radius 3 is 2.94 bits per heavy atom. The lowest BCUT2D eigenvalue weighted by Gasteiger charge is -2.26. The zero-order valence-corrected chi connectivity index (χ0v) is 10.9. The number of hydroxylamine groups is 2. The van der Waals surface area contributed by atoms with Gasteiger partial charge in [-0.3, -0.25) is 4.84 Å². The quantitative estimate of drug-likeness (QED) is 0.806. The number of rotatable bonds is 2. The minimum Gasteiger partial charge on any atom is -0.394 e. The second kappa shape index (κ2) is 4.17. The van der Waals surface area contributed by atoms with E-state index < -0.39 is 0 Å². The summed E-state index contributed by atoms with van der Waals surface area (Å²) in [6.07, 6.45) is 7.78. The third-order valence-electron chi connectivity index (χ3n) is 5.68. The largest absolute Gasteiger partial charge is 0.394 e. The Bertz CT molecular complexity index is 325. The molecule has 4 nitrogen and oxygen atoms in total. The molecule has 3 aliphatic heterocycles. The average Bonchev–Trinajstić information content (AvgIpc) is 3.05. The van der Waals surface area contributed by atoms with Crippen LogP contribution in [0.5, 0.6) is 0 Å². The van der Waals surface area contributed by atoms with E-state index in [1.165, 1.54) is 19.3 Å². The third kappa shape index (κ3) is 1.59. The van der Waals surface area contributed by atoms with E-state index in [1.807, 2.05) is 0 Å². The lowest BCUT2D eigenvalue weighted by molar-refractivity contribution is -0.186. The predicted octanol–water partition coefficient (Wildman–Crippen LogP) is 1.33. The van der Waals surface area contributed by atoms with Crippen molar-refractivity contribution >= 4 is 0 Å². The summed E-state index contributed by atoms with van der Waals surface area (Å²) in [7, 11) is 0. The molecular formula is C14H23NO3. The van der Waals surface area contributed by atoms with Crippen LogP contribution < -0.4 is 0 Å². The molecule has 0 aromatic rings. The highest BCUT2D eigenvalue weighted by molar-refractivity contribution is 5.02. The molecule has 3 saturated heterocycles. The van der Waals surface area contributed by atoms with E-state index >= 15 is 0 Å². The summed E-state index contributed by atoms with van der Waals surface area (Å²) in [4.78, 5) is 6.15. The maximum atomic E-state index is 9.70. The molecule has 4 fully saturated rings. The van der Waals surface area contributed by atoms with E-state index in [9.17, 15) is 5.11 Å². The maximum absolute atomic E-state index is 9.70. The van der Waals surface area contributed by atoms with E-state index in [0.29, 0.717) is 18.1 Å². The van der Waals surface area contributed by atoms with Crippen LogP contribution in [0.25, 0.3) is 0 Å². The third-order valence-corrected chi connectivity index (χ3v) is 5.68. The Kier molecular flexibility index (Phi) is 2.70. The molecule has 0 aromatic carbocycles. The average molecular weight is 253 g/mol. The lowest BCUT2D eigenvalue weighted by atomic mass is 9.86. The van der Waals surface area contributed by atoms with Gasteiger partial charge in [0.05, 0.1) is 24.4 Å². The molecular weight excluding hydrogens is 230 g/mol. The molecule has 4 aliphatic rings. The van der Waals surface area contributed by atoms with Crippen molar-refractivity contribution < 1.29 is 14.7 Å². The number of nitrogens with zero attached hydrogens (tertiary/aromatic N) is 1. The fourth-order valence-corrected chi connectivity index (χ4v) is 4.64. The summed E-state index contributed by atoms with van der Waals surface area (Å²) < 4.78 is 5.79. The highest BCUT2D eigenvalue weighted by atomic mass is 16.7. The predicted molar refractivity (Wildman–Crippen MR) is 65.8 cm³/mol. The van der Waals surface area contributed by atoms with E-state index in [2.05, 4.69) is 5.06 Å². The van der Waals surface area contributed by atoms with Gasteiger partial charge in [-0.1, -0.05) is 0 Å². The molecule has 4 heteroatoms. The smallest absolute Gasteiger partial charge is 0.0842 e. The minimum atomic E-state index is -0.0524. The number of aliphatic hydroxyl groups is 1. The van der Waals surface area contributed by atoms with Crippen molar-refractivity contribution in [3.05, 3.63) is 0 Å². The standard InChI is InChI=1S/C14H23NO3/c16-9-14-3-1-4-15(14)18-13(8-14)11-6-10-2-5-17-12(10)7-11/h10-13,16H,1-9H2. The van der Waals surface area contributed by atoms with Gasteiger partial charge in [0.2, 0.25) is 0 Å². The molecule has 18 heavy (non-hydrogen) atoms. The fourth-order valence-electron chi connectivity index (χ4n) is 4.64. The van der Waals surface area contributed by atoms with Gasteiger partial charge in [-0.05, 0) is 50.4 Å². The minimum absolute atomic E-state index is 0.0524. The van der Waals surface area contributed by atoms with Gasteiger partial charge in [0.25, 0.3) is 0 Å². The molecule has 1 saturated carbocycles. The monoisotopic (exact) mass is 253 g/mol. The van der Waals surface area contributed by atoms with Gasteiger partial charge in [-0.15, -0.1) is 0 Å². The van der Waals surface area contributed by atoms with Gasteiger partial charge < -0.3 is 9.84 Å². The van der Waals surface area contributed by atoms with Crippen molar-refractivity contribution in [1.29, 1.82) is 0 Å². The first-order valence-electron chi connectivity index (χ1n) is 7.48. The molecule has 1 aliphatic carbocycles. The van der Waals surface area contributed by atoms with Gasteiger partial charge in [-0.25, -0.2) is 0 Å². The zero-order chi connectivity index (χ0) is 12.2. The zero-order valence-electron chi connectivity index (χ0n) is 10.9. The van der Waals surface area contributed by atoms with E-state index in [-0.39, 0.29) is 12.1 Å². The van der Waals surface area contributed by atoms with Gasteiger partial charge in [0, 0.05) is 13.2 Å². The SMILES string of the molecule is OCC12CCCN1OC(C1CC3CCOC3C1)C2. The van der Waals surface area contributed by atoms with Crippen molar-refractivity contribution in [2.45, 2.75) is 56.3 Å². The highest BCUT2D eigenvalue weighted by Gasteiger charge is 2.53. The van der Waals surface area contributed by atoms with Crippen molar-refractivity contribution in [2.24, 2.45) is 11.8 Å². The molecule has 3 heterocycles. The van der Waals surface area contributed by atoms with Crippen LogP contribution >= 0.6 is 0 Å². The summed E-state index contributed by atoms with van der Waals surface area (Å²) >= 11 is 0. The van der Waals surface area contributed by atoms with Gasteiger partial charge in [0.15, 0.2) is 0 Å². The number of hydrogen-bond acceptors (Lipinski definition) is 4. The van der Waals surface area contributed by atoms with Crippen molar-refractivity contribution in [3.8, 4) is 0 Å². The number of hydrogen-bond donors (Lipinski definition) is 1. The summed E-state index contributed by atoms with van der Waals surface area (Å²) in [6, 6.07) is 0. The molecule has 0 bridgehead atoms. The van der Waals surface area contributed by atoms with Gasteiger partial charge in [-0.2, -0.15) is 5.06 Å². The Hall–Kier alpha value is -0.160. The van der Waals surface area contributed by atoms with Crippen molar-refractivity contribution in [1.82, 2.24) is 5.06 Å². The second-order valence-corrected chi connectivity index (χ2v) is 6.63. The first-order chi connectivity index (χ1) is 8.81. The summed E-state index contributed by atoms with van der Waals surface area (Å²) in [5.74, 6) is 1.42. The van der Waals surface area contributed by atoms with Crippen LogP contribution in [0.15, 0.2) is 0 Å². The van der Waals surface area contributed by atoms with E-state index in [0.717, 1.165) is 38.3 Å². The molecule has 1 N–H and O–H groups in total. The molecule has 0 spiro atoms. The molecule has 4 rings (SSSR count). The Morgan fingerprint density at radius 2 is 2.17 bits per heavy atom. The Morgan fingerprint density at radius 1 is 1.22 bits per heavy atom. The topological polar surface area (TPSA) is 41.9 Å². The second-order valence-electron chi connectivity index (χ2n) is 6.63. The van der Waals surface area contributed by atoms with Crippen LogP contribution in [0.1, 0.15) is 38.5 Å². The molecule has 5 unspecified atom stereocenters. The van der Waals surface area contributed by atoms with Gasteiger partial charge in [0.1, 0.15) is 0 Å². The van der Waals surface area contributed by atoms with Crippen LogP contribution in [0.2, 0.25) is 0 Å². The number of aliphatic hydroxyl groups excluding tert-OH is 1. The van der Waals surface area contributed by atoms with Crippen LogP contribution in [0.3, 0.4) is 0 Å². The van der Waals surface area contributed by atoms with Crippen molar-refractivity contribution in [3.63, 3.8) is 0 Å². The number of fused-ring (bicyclic) bond motifs is 2. The van der Waals surface area contributed by atoms with Crippen molar-refractivity contribution in [2.75, 3.05) is 19.8 Å². The number of ether oxygens (including phenoxy) is 1. The van der Waals surface area contributed by atoms with Crippen LogP contribution in [-0.2, 0) is 9.57 Å². The first-order valence-corrected chi connectivity index (χ1v) is 7.48. The Balaban J connectivity index is 1.45.